The average molecular weight is 332 g/mol. The van der Waals surface area contributed by atoms with E-state index in [4.69, 9.17) is 9.68 Å². The van der Waals surface area contributed by atoms with Gasteiger partial charge in [-0.2, -0.15) is 0 Å². The molecule has 8 heteroatoms. The fraction of sp³-hybridized carbons (Fsp3) is 0. The van der Waals surface area contributed by atoms with Gasteiger partial charge in [-0.15, -0.1) is 0 Å². The van der Waals surface area contributed by atoms with Crippen LogP contribution in [0.3, 0.4) is 0 Å². The van der Waals surface area contributed by atoms with E-state index in [0.29, 0.717) is 11.5 Å². The van der Waals surface area contributed by atoms with Crippen molar-refractivity contribution >= 4 is 33.7 Å². The number of hydrogen-bond donors (Lipinski definition) is 0. The zero-order valence-electron chi connectivity index (χ0n) is 11.0. The van der Waals surface area contributed by atoms with Crippen LogP contribution >= 0.6 is 21.6 Å². The summed E-state index contributed by atoms with van der Waals surface area (Å²) in [5.74, 6) is 0.935. The minimum atomic E-state index is 0.468. The van der Waals surface area contributed by atoms with Crippen molar-refractivity contribution in [2.45, 2.75) is 9.79 Å². The van der Waals surface area contributed by atoms with Crippen molar-refractivity contribution in [3.05, 3.63) is 48.5 Å². The van der Waals surface area contributed by atoms with Crippen LogP contribution in [0.5, 0.6) is 11.5 Å². The minimum absolute atomic E-state index is 0.468. The van der Waals surface area contributed by atoms with Gasteiger partial charge in [0, 0.05) is 20.1 Å². The second-order valence-corrected chi connectivity index (χ2v) is 5.93. The van der Waals surface area contributed by atoms with E-state index in [1.165, 1.54) is 12.2 Å². The van der Waals surface area contributed by atoms with E-state index < -0.39 is 0 Å². The van der Waals surface area contributed by atoms with Crippen LogP contribution < -0.4 is 9.68 Å². The largest absolute Gasteiger partial charge is 0.346 e. The predicted molar refractivity (Wildman–Crippen MR) is 82.1 cm³/mol. The molecule has 2 aromatic carbocycles. The van der Waals surface area contributed by atoms with Crippen molar-refractivity contribution < 1.29 is 19.3 Å². The van der Waals surface area contributed by atoms with Gasteiger partial charge in [-0.25, -0.2) is 9.59 Å². The van der Waals surface area contributed by atoms with Crippen LogP contribution in [0.15, 0.2) is 68.6 Å². The monoisotopic (exact) mass is 332 g/mol. The second-order valence-electron chi connectivity index (χ2n) is 3.66. The highest BCUT2D eigenvalue weighted by Crippen LogP contribution is 2.38. The number of hydrogen-bond acceptors (Lipinski definition) is 8. The Hall–Kier alpha value is -2.50. The maximum Gasteiger partial charge on any atom is 0.277 e. The Kier molecular flexibility index (Phi) is 6.29. The molecule has 2 aromatic rings. The molecule has 0 saturated heterocycles. The third-order valence-corrected chi connectivity index (χ3v) is 4.68. The summed E-state index contributed by atoms with van der Waals surface area (Å²) < 4.78 is 0. The van der Waals surface area contributed by atoms with Gasteiger partial charge in [-0.3, -0.25) is 0 Å². The summed E-state index contributed by atoms with van der Waals surface area (Å²) in [6, 6.07) is 14.2. The third-order valence-electron chi connectivity index (χ3n) is 2.26. The van der Waals surface area contributed by atoms with E-state index in [-0.39, 0.29) is 0 Å². The first-order valence-corrected chi connectivity index (χ1v) is 8.00. The van der Waals surface area contributed by atoms with Gasteiger partial charge in [-0.05, 0) is 48.5 Å². The average Bonchev–Trinajstić information content (AvgIpc) is 2.58. The Labute approximate surface area is 133 Å². The number of carbonyl (C=O) groups excluding carboxylic acids is 2. The van der Waals surface area contributed by atoms with Gasteiger partial charge in [0.2, 0.25) is 0 Å². The zero-order chi connectivity index (χ0) is 15.6. The standard InChI is InChI=1S/C14H8N2O4S2/c17-9-15-19-11-1-5-13(6-2-11)21-22-14-7-3-12(4-8-14)20-16-10-18/h1-8H. The number of rotatable bonds is 7. The zero-order valence-corrected chi connectivity index (χ0v) is 12.6. The molecule has 0 heterocycles. The molecular weight excluding hydrogens is 324 g/mol. The number of nitrogens with zero attached hydrogens (tertiary/aromatic N) is 2. The molecule has 22 heavy (non-hydrogen) atoms. The van der Waals surface area contributed by atoms with E-state index in [1.807, 2.05) is 24.3 Å². The van der Waals surface area contributed by atoms with E-state index in [9.17, 15) is 9.59 Å². The molecule has 0 saturated carbocycles. The Bertz CT molecular complexity index is 643. The highest BCUT2D eigenvalue weighted by Gasteiger charge is 2.00. The van der Waals surface area contributed by atoms with Crippen LogP contribution in [0.25, 0.3) is 0 Å². The van der Waals surface area contributed by atoms with Crippen LogP contribution in [-0.2, 0) is 9.59 Å². The lowest BCUT2D eigenvalue weighted by Crippen LogP contribution is -1.81. The molecule has 0 unspecified atom stereocenters. The van der Waals surface area contributed by atoms with E-state index in [0.717, 1.165) is 9.79 Å². The molecule has 0 atom stereocenters. The van der Waals surface area contributed by atoms with Gasteiger partial charge in [-0.1, -0.05) is 21.6 Å². The second kappa shape index (κ2) is 8.71. The molecule has 0 spiro atoms. The maximum atomic E-state index is 9.93. The van der Waals surface area contributed by atoms with Crippen LogP contribution in [0, 0.1) is 0 Å². The lowest BCUT2D eigenvalue weighted by atomic mass is 10.3. The van der Waals surface area contributed by atoms with Crippen molar-refractivity contribution in [1.29, 1.82) is 0 Å². The SMILES string of the molecule is O=C=NOc1ccc(SSc2ccc(ON=C=O)cc2)cc1. The molecule has 110 valence electrons. The van der Waals surface area contributed by atoms with Crippen LogP contribution in [0.1, 0.15) is 0 Å². The molecule has 0 amide bonds. The summed E-state index contributed by atoms with van der Waals surface area (Å²) in [4.78, 5) is 31.4. The topological polar surface area (TPSA) is 77.3 Å². The molecule has 0 N–H and O–H groups in total. The Morgan fingerprint density at radius 3 is 1.36 bits per heavy atom. The van der Waals surface area contributed by atoms with Gasteiger partial charge in [0.15, 0.2) is 11.5 Å². The minimum Gasteiger partial charge on any atom is -0.346 e. The van der Waals surface area contributed by atoms with Crippen molar-refractivity contribution in [2.24, 2.45) is 10.3 Å². The lowest BCUT2D eigenvalue weighted by molar-refractivity contribution is 0.336. The molecule has 0 aromatic heterocycles. The maximum absolute atomic E-state index is 9.93. The summed E-state index contributed by atoms with van der Waals surface area (Å²) in [6.45, 7) is 0. The van der Waals surface area contributed by atoms with Gasteiger partial charge >= 0.3 is 0 Å². The first-order chi connectivity index (χ1) is 10.8. The molecular formula is C14H8N2O4S2. The first kappa shape index (κ1) is 15.9. The van der Waals surface area contributed by atoms with Crippen molar-refractivity contribution in [3.63, 3.8) is 0 Å². The molecule has 0 fully saturated rings. The summed E-state index contributed by atoms with van der Waals surface area (Å²) in [6.07, 6.45) is 2.60. The molecule has 0 aliphatic heterocycles. The van der Waals surface area contributed by atoms with Crippen LogP contribution in [0.4, 0.5) is 0 Å². The number of isocyanates is 2. The van der Waals surface area contributed by atoms with Crippen molar-refractivity contribution in [3.8, 4) is 11.5 Å². The van der Waals surface area contributed by atoms with Crippen molar-refractivity contribution in [1.82, 2.24) is 0 Å². The normalized spacial score (nSPS) is 9.27. The van der Waals surface area contributed by atoms with Gasteiger partial charge in [0.1, 0.15) is 0 Å². The van der Waals surface area contributed by atoms with E-state index in [1.54, 1.807) is 45.9 Å². The van der Waals surface area contributed by atoms with E-state index in [2.05, 4.69) is 10.3 Å². The predicted octanol–water partition coefficient (Wildman–Crippen LogP) is 3.75. The lowest BCUT2D eigenvalue weighted by Gasteiger charge is -2.03. The molecule has 0 bridgehead atoms. The molecule has 0 aliphatic carbocycles. The van der Waals surface area contributed by atoms with E-state index >= 15 is 0 Å². The summed E-state index contributed by atoms with van der Waals surface area (Å²) in [5, 5.41) is 6.07. The van der Waals surface area contributed by atoms with Crippen LogP contribution in [-0.4, -0.2) is 12.2 Å². The Balaban J connectivity index is 1.89. The Morgan fingerprint density at radius 1 is 0.682 bits per heavy atom. The fourth-order valence-corrected chi connectivity index (χ4v) is 3.28. The molecule has 6 nitrogen and oxygen atoms in total. The highest BCUT2D eigenvalue weighted by atomic mass is 33.1. The summed E-state index contributed by atoms with van der Waals surface area (Å²) >= 11 is 0. The van der Waals surface area contributed by atoms with Crippen molar-refractivity contribution in [2.75, 3.05) is 0 Å². The molecule has 2 rings (SSSR count). The smallest absolute Gasteiger partial charge is 0.277 e. The summed E-state index contributed by atoms with van der Waals surface area (Å²) in [7, 11) is 3.11. The van der Waals surface area contributed by atoms with Gasteiger partial charge in [0.25, 0.3) is 12.2 Å². The third kappa shape index (κ3) is 5.12. The van der Waals surface area contributed by atoms with Crippen LogP contribution in [0.2, 0.25) is 0 Å². The Morgan fingerprint density at radius 2 is 1.05 bits per heavy atom. The quantitative estimate of drug-likeness (QED) is 0.333. The molecule has 0 radical (unpaired) electrons. The fourth-order valence-electron chi connectivity index (χ4n) is 1.35. The summed E-state index contributed by atoms with van der Waals surface area (Å²) in [5.41, 5.74) is 0. The number of benzene rings is 2. The van der Waals surface area contributed by atoms with Gasteiger partial charge < -0.3 is 9.68 Å². The first-order valence-electron chi connectivity index (χ1n) is 5.85. The van der Waals surface area contributed by atoms with Gasteiger partial charge in [0.05, 0.1) is 0 Å². The highest BCUT2D eigenvalue weighted by molar-refractivity contribution is 8.76. The molecule has 0 aliphatic rings.